The summed E-state index contributed by atoms with van der Waals surface area (Å²) in [5.41, 5.74) is 1.62. The fraction of sp³-hybridized carbons (Fsp3) is 0.478. The van der Waals surface area contributed by atoms with Gasteiger partial charge >= 0.3 is 7.60 Å². The minimum Gasteiger partial charge on any atom is -0.379 e. The molecule has 9 heteroatoms. The molecule has 1 aliphatic rings. The van der Waals surface area contributed by atoms with Crippen LogP contribution in [0.1, 0.15) is 36.8 Å². The Bertz CT molecular complexity index is 938. The van der Waals surface area contributed by atoms with Gasteiger partial charge in [0.15, 0.2) is 0 Å². The number of rotatable bonds is 13. The lowest BCUT2D eigenvalue weighted by atomic mass is 9.74. The molecule has 0 atom stereocenters. The van der Waals surface area contributed by atoms with E-state index in [9.17, 15) is 8.96 Å². The number of nitrogens with one attached hydrogen (secondary N) is 1. The van der Waals surface area contributed by atoms with Gasteiger partial charge in [-0.25, -0.2) is 4.39 Å². The normalized spacial score (nSPS) is 15.5. The molecule has 5 nitrogen and oxygen atoms in total. The van der Waals surface area contributed by atoms with Gasteiger partial charge in [-0.3, -0.25) is 4.57 Å². The molecule has 2 aromatic rings. The van der Waals surface area contributed by atoms with E-state index >= 15 is 0 Å². The van der Waals surface area contributed by atoms with Gasteiger partial charge < -0.3 is 19.8 Å². The van der Waals surface area contributed by atoms with Crippen LogP contribution in [0.2, 0.25) is 5.02 Å². The van der Waals surface area contributed by atoms with Crippen molar-refractivity contribution >= 4 is 31.0 Å². The lowest BCUT2D eigenvalue weighted by Crippen LogP contribution is -2.47. The number of hydrogen-bond donors (Lipinski definition) is 3. The molecule has 0 spiro atoms. The molecule has 0 radical (unpaired) electrons. The number of thioether (sulfide) groups is 1. The van der Waals surface area contributed by atoms with E-state index < -0.39 is 7.60 Å². The highest BCUT2D eigenvalue weighted by Gasteiger charge is 2.41. The van der Waals surface area contributed by atoms with E-state index in [0.717, 1.165) is 41.0 Å². The summed E-state index contributed by atoms with van der Waals surface area (Å²) in [4.78, 5) is 18.8. The first-order chi connectivity index (χ1) is 15.3. The van der Waals surface area contributed by atoms with Gasteiger partial charge in [0.05, 0.1) is 24.4 Å². The summed E-state index contributed by atoms with van der Waals surface area (Å²) in [6.07, 6.45) is 3.24. The van der Waals surface area contributed by atoms with Gasteiger partial charge in [0.25, 0.3) is 0 Å². The van der Waals surface area contributed by atoms with Gasteiger partial charge in [0.1, 0.15) is 5.82 Å². The van der Waals surface area contributed by atoms with Gasteiger partial charge in [-0.1, -0.05) is 42.3 Å². The molecule has 0 saturated carbocycles. The maximum Gasteiger partial charge on any atom is 0.325 e. The van der Waals surface area contributed by atoms with E-state index in [1.54, 1.807) is 17.8 Å². The summed E-state index contributed by atoms with van der Waals surface area (Å²) < 4.78 is 30.5. The molecule has 3 N–H and O–H groups in total. The van der Waals surface area contributed by atoms with Crippen LogP contribution in [-0.2, 0) is 21.3 Å². The van der Waals surface area contributed by atoms with Crippen LogP contribution in [0, 0.1) is 5.82 Å². The summed E-state index contributed by atoms with van der Waals surface area (Å²) in [7, 11) is -3.92. The smallest absolute Gasteiger partial charge is 0.325 e. The van der Waals surface area contributed by atoms with E-state index in [4.69, 9.17) is 26.1 Å². The third-order valence-electron chi connectivity index (χ3n) is 5.64. The van der Waals surface area contributed by atoms with E-state index in [1.165, 1.54) is 6.07 Å². The molecule has 1 aliphatic heterocycles. The quantitative estimate of drug-likeness (QED) is 0.195. The highest BCUT2D eigenvalue weighted by atomic mass is 35.5. The van der Waals surface area contributed by atoms with Crippen molar-refractivity contribution in [3.63, 3.8) is 0 Å². The monoisotopic (exact) mass is 501 g/mol. The second-order valence-electron chi connectivity index (χ2n) is 8.24. The van der Waals surface area contributed by atoms with Crippen molar-refractivity contribution in [2.45, 2.75) is 42.5 Å². The van der Waals surface area contributed by atoms with Crippen molar-refractivity contribution in [1.82, 2.24) is 5.32 Å². The summed E-state index contributed by atoms with van der Waals surface area (Å²) in [5, 5.41) is 3.89. The van der Waals surface area contributed by atoms with Crippen molar-refractivity contribution < 1.29 is 23.5 Å². The average molecular weight is 502 g/mol. The maximum absolute atomic E-state index is 14.2. The van der Waals surface area contributed by atoms with Crippen LogP contribution < -0.4 is 5.32 Å². The number of unbranched alkanes of at least 4 members (excludes halogenated alkanes) is 1. The van der Waals surface area contributed by atoms with Gasteiger partial charge in [-0.2, -0.15) is 0 Å². The van der Waals surface area contributed by atoms with Gasteiger partial charge in [0.2, 0.25) is 0 Å². The highest BCUT2D eigenvalue weighted by molar-refractivity contribution is 7.99. The molecule has 0 aromatic heterocycles. The SMILES string of the molecule is O=P(O)(O)CCCNCc1ccc(SCCCCC2(c3ccccc3F)COC2)c(Cl)c1. The second kappa shape index (κ2) is 12.0. The first kappa shape index (κ1) is 25.7. The van der Waals surface area contributed by atoms with Crippen molar-refractivity contribution in [1.29, 1.82) is 0 Å². The highest BCUT2D eigenvalue weighted by Crippen LogP contribution is 2.39. The second-order valence-corrected chi connectivity index (χ2v) is 11.6. The van der Waals surface area contributed by atoms with Gasteiger partial charge in [0, 0.05) is 16.9 Å². The molecule has 2 aromatic carbocycles. The molecular weight excluding hydrogens is 472 g/mol. The average Bonchev–Trinajstić information content (AvgIpc) is 2.70. The van der Waals surface area contributed by atoms with Crippen LogP contribution in [0.3, 0.4) is 0 Å². The Morgan fingerprint density at radius 1 is 1.16 bits per heavy atom. The Labute approximate surface area is 198 Å². The molecule has 0 unspecified atom stereocenters. The molecule has 32 heavy (non-hydrogen) atoms. The van der Waals surface area contributed by atoms with Crippen LogP contribution in [0.15, 0.2) is 47.4 Å². The zero-order chi connectivity index (χ0) is 23.0. The topological polar surface area (TPSA) is 78.8 Å². The molecule has 1 saturated heterocycles. The Morgan fingerprint density at radius 2 is 1.94 bits per heavy atom. The first-order valence-corrected chi connectivity index (χ1v) is 13.9. The Kier molecular flexibility index (Phi) is 9.62. The Balaban J connectivity index is 1.38. The Morgan fingerprint density at radius 3 is 2.59 bits per heavy atom. The molecule has 0 aliphatic carbocycles. The minimum atomic E-state index is -3.92. The first-order valence-electron chi connectivity index (χ1n) is 10.8. The van der Waals surface area contributed by atoms with Crippen molar-refractivity contribution in [3.8, 4) is 0 Å². The third-order valence-corrected chi connectivity index (χ3v) is 8.12. The Hall–Kier alpha value is -0.920. The largest absolute Gasteiger partial charge is 0.379 e. The lowest BCUT2D eigenvalue weighted by Gasteiger charge is -2.42. The fourth-order valence-corrected chi connectivity index (χ4v) is 5.70. The number of ether oxygens (including phenoxy) is 1. The zero-order valence-electron chi connectivity index (χ0n) is 17.9. The standard InChI is InChI=1S/C23H30ClFNO4PS/c24-20-14-18(15-26-11-5-12-31(27,28)29)8-9-22(20)32-13-4-3-10-23(16-30-17-23)19-6-1-2-7-21(19)25/h1-2,6-9,14,26H,3-5,10-13,15-17H2,(H2,27,28,29). The molecule has 0 bridgehead atoms. The number of hydrogen-bond acceptors (Lipinski definition) is 4. The fourth-order valence-electron chi connectivity index (χ4n) is 3.84. The number of halogens is 2. The van der Waals surface area contributed by atoms with Crippen molar-refractivity contribution in [2.24, 2.45) is 0 Å². The molecule has 0 amide bonds. The summed E-state index contributed by atoms with van der Waals surface area (Å²) >= 11 is 8.16. The van der Waals surface area contributed by atoms with Gasteiger partial charge in [-0.15, -0.1) is 11.8 Å². The summed E-state index contributed by atoms with van der Waals surface area (Å²) in [6, 6.07) is 13.0. The minimum absolute atomic E-state index is 0.106. The summed E-state index contributed by atoms with van der Waals surface area (Å²) in [6.45, 7) is 2.31. The predicted octanol–water partition coefficient (Wildman–Crippen LogP) is 5.37. The maximum atomic E-state index is 14.2. The molecule has 1 heterocycles. The molecule has 1 fully saturated rings. The van der Waals surface area contributed by atoms with Crippen LogP contribution in [0.4, 0.5) is 4.39 Å². The van der Waals surface area contributed by atoms with E-state index in [1.807, 2.05) is 30.3 Å². The molecule has 176 valence electrons. The predicted molar refractivity (Wildman–Crippen MR) is 128 cm³/mol. The molecule has 3 rings (SSSR count). The van der Waals surface area contributed by atoms with Crippen molar-refractivity contribution in [3.05, 3.63) is 64.4 Å². The third kappa shape index (κ3) is 7.56. The van der Waals surface area contributed by atoms with Gasteiger partial charge in [-0.05, 0) is 60.9 Å². The molecular formula is C23H30ClFNO4PS. The van der Waals surface area contributed by atoms with E-state index in [-0.39, 0.29) is 17.4 Å². The van der Waals surface area contributed by atoms with Crippen LogP contribution >= 0.6 is 31.0 Å². The van der Waals surface area contributed by atoms with Crippen LogP contribution in [-0.4, -0.2) is 41.5 Å². The van der Waals surface area contributed by atoms with E-state index in [2.05, 4.69) is 5.32 Å². The zero-order valence-corrected chi connectivity index (χ0v) is 20.4. The number of benzene rings is 2. The summed E-state index contributed by atoms with van der Waals surface area (Å²) in [5.74, 6) is 0.793. The van der Waals surface area contributed by atoms with Crippen LogP contribution in [0.25, 0.3) is 0 Å². The van der Waals surface area contributed by atoms with E-state index in [0.29, 0.717) is 37.7 Å². The lowest BCUT2D eigenvalue weighted by molar-refractivity contribution is -0.0668. The van der Waals surface area contributed by atoms with Crippen LogP contribution in [0.5, 0.6) is 0 Å². The van der Waals surface area contributed by atoms with Crippen molar-refractivity contribution in [2.75, 3.05) is 31.7 Å².